The quantitative estimate of drug-likeness (QED) is 0.778. The highest BCUT2D eigenvalue weighted by Gasteiger charge is 2.30. The number of halogens is 1. The zero-order valence-electron chi connectivity index (χ0n) is 16.0. The summed E-state index contributed by atoms with van der Waals surface area (Å²) in [5.74, 6) is -0.129. The van der Waals surface area contributed by atoms with Gasteiger partial charge < -0.3 is 9.64 Å². The Balaban J connectivity index is 1.65. The molecular formula is C22H27FN2O2. The summed E-state index contributed by atoms with van der Waals surface area (Å²) in [6.45, 7) is 7.16. The number of carbonyl (C=O) groups is 1. The number of benzene rings is 2. The largest absolute Gasteiger partial charge is 0.371 e. The van der Waals surface area contributed by atoms with Crippen LogP contribution in [0.5, 0.6) is 0 Å². The number of morpholine rings is 1. The molecule has 1 heterocycles. The lowest BCUT2D eigenvalue weighted by atomic mass is 10.1. The van der Waals surface area contributed by atoms with E-state index in [0.29, 0.717) is 32.8 Å². The van der Waals surface area contributed by atoms with Gasteiger partial charge in [0.05, 0.1) is 18.8 Å². The third-order valence-electron chi connectivity index (χ3n) is 5.15. The normalized spacial score (nSPS) is 18.9. The molecule has 0 N–H and O–H groups in total. The number of amides is 1. The van der Waals surface area contributed by atoms with E-state index in [1.165, 1.54) is 12.1 Å². The van der Waals surface area contributed by atoms with E-state index in [4.69, 9.17) is 4.74 Å². The van der Waals surface area contributed by atoms with E-state index in [2.05, 4.69) is 4.90 Å². The summed E-state index contributed by atoms with van der Waals surface area (Å²) in [6, 6.07) is 16.2. The van der Waals surface area contributed by atoms with Crippen LogP contribution in [0.4, 0.5) is 4.39 Å². The van der Waals surface area contributed by atoms with Crippen molar-refractivity contribution in [3.63, 3.8) is 0 Å². The molecule has 5 heteroatoms. The lowest BCUT2D eigenvalue weighted by molar-refractivity contribution is -0.140. The first-order chi connectivity index (χ1) is 13.1. The van der Waals surface area contributed by atoms with E-state index in [1.807, 2.05) is 49.1 Å². The van der Waals surface area contributed by atoms with Gasteiger partial charge in [0.15, 0.2) is 0 Å². The molecule has 0 radical (unpaired) electrons. The van der Waals surface area contributed by atoms with E-state index in [9.17, 15) is 9.18 Å². The highest BCUT2D eigenvalue weighted by molar-refractivity contribution is 5.81. The Morgan fingerprint density at radius 1 is 1.22 bits per heavy atom. The molecular weight excluding hydrogens is 343 g/mol. The fourth-order valence-corrected chi connectivity index (χ4v) is 3.47. The molecule has 0 aliphatic carbocycles. The zero-order chi connectivity index (χ0) is 19.2. The van der Waals surface area contributed by atoms with E-state index in [1.54, 1.807) is 12.1 Å². The summed E-state index contributed by atoms with van der Waals surface area (Å²) < 4.78 is 19.0. The molecule has 1 aliphatic rings. The van der Waals surface area contributed by atoms with Crippen LogP contribution in [0.1, 0.15) is 31.1 Å². The van der Waals surface area contributed by atoms with Crippen molar-refractivity contribution in [3.8, 4) is 0 Å². The average molecular weight is 370 g/mol. The second-order valence-corrected chi connectivity index (χ2v) is 6.92. The number of ether oxygens (including phenoxy) is 1. The Kier molecular flexibility index (Phi) is 6.58. The Bertz CT molecular complexity index is 736. The first-order valence-corrected chi connectivity index (χ1v) is 9.52. The van der Waals surface area contributed by atoms with Gasteiger partial charge in [0.2, 0.25) is 5.91 Å². The standard InChI is InChI=1S/C22H27FN2O2/c1-3-24(15-18-7-5-4-6-8-18)22(26)17(2)25-13-14-27-21(16-25)19-9-11-20(23)12-10-19/h4-12,17,21H,3,13-16H2,1-2H3/t17-,21-/m1/s1. The minimum Gasteiger partial charge on any atom is -0.371 e. The number of likely N-dealkylation sites (N-methyl/N-ethyl adjacent to an activating group) is 1. The van der Waals surface area contributed by atoms with Gasteiger partial charge in [-0.2, -0.15) is 0 Å². The molecule has 1 amide bonds. The Morgan fingerprint density at radius 3 is 2.59 bits per heavy atom. The van der Waals surface area contributed by atoms with Crippen LogP contribution in [0.25, 0.3) is 0 Å². The summed E-state index contributed by atoms with van der Waals surface area (Å²) in [5.41, 5.74) is 2.07. The van der Waals surface area contributed by atoms with E-state index in [-0.39, 0.29) is 23.9 Å². The van der Waals surface area contributed by atoms with Crippen LogP contribution in [-0.2, 0) is 16.1 Å². The molecule has 2 aromatic carbocycles. The molecule has 3 rings (SSSR count). The highest BCUT2D eigenvalue weighted by atomic mass is 19.1. The maximum absolute atomic E-state index is 13.2. The highest BCUT2D eigenvalue weighted by Crippen LogP contribution is 2.24. The van der Waals surface area contributed by atoms with Crippen molar-refractivity contribution in [3.05, 3.63) is 71.5 Å². The molecule has 1 aliphatic heterocycles. The van der Waals surface area contributed by atoms with Crippen LogP contribution in [0, 0.1) is 5.82 Å². The third kappa shape index (κ3) is 4.93. The molecule has 1 saturated heterocycles. The lowest BCUT2D eigenvalue weighted by Crippen LogP contribution is -2.51. The number of hydrogen-bond donors (Lipinski definition) is 0. The van der Waals surface area contributed by atoms with Crippen LogP contribution < -0.4 is 0 Å². The van der Waals surface area contributed by atoms with E-state index >= 15 is 0 Å². The molecule has 0 bridgehead atoms. The molecule has 2 aromatic rings. The topological polar surface area (TPSA) is 32.8 Å². The summed E-state index contributed by atoms with van der Waals surface area (Å²) in [4.78, 5) is 17.1. The van der Waals surface area contributed by atoms with Crippen LogP contribution in [0.3, 0.4) is 0 Å². The van der Waals surface area contributed by atoms with Crippen molar-refractivity contribution in [1.29, 1.82) is 0 Å². The fraction of sp³-hybridized carbons (Fsp3) is 0.409. The van der Waals surface area contributed by atoms with E-state index < -0.39 is 0 Å². The lowest BCUT2D eigenvalue weighted by Gasteiger charge is -2.38. The number of rotatable bonds is 6. The molecule has 1 fully saturated rings. The van der Waals surface area contributed by atoms with Crippen molar-refractivity contribution in [1.82, 2.24) is 9.80 Å². The number of nitrogens with zero attached hydrogens (tertiary/aromatic N) is 2. The summed E-state index contributed by atoms with van der Waals surface area (Å²) in [6.07, 6.45) is -0.140. The van der Waals surface area contributed by atoms with Gasteiger partial charge in [-0.1, -0.05) is 42.5 Å². The van der Waals surface area contributed by atoms with E-state index in [0.717, 1.165) is 11.1 Å². The number of carbonyl (C=O) groups excluding carboxylic acids is 1. The van der Waals surface area contributed by atoms with Crippen molar-refractivity contribution in [2.24, 2.45) is 0 Å². The Labute approximate surface area is 160 Å². The minimum absolute atomic E-state index is 0.126. The van der Waals surface area contributed by atoms with Crippen LogP contribution >= 0.6 is 0 Å². The molecule has 4 nitrogen and oxygen atoms in total. The molecule has 0 saturated carbocycles. The van der Waals surface area contributed by atoms with Gasteiger partial charge in [-0.25, -0.2) is 4.39 Å². The van der Waals surface area contributed by atoms with Crippen molar-refractivity contribution in [2.75, 3.05) is 26.2 Å². The van der Waals surface area contributed by atoms with Gasteiger partial charge in [-0.05, 0) is 37.1 Å². The van der Waals surface area contributed by atoms with Gasteiger partial charge in [0.1, 0.15) is 5.82 Å². The second-order valence-electron chi connectivity index (χ2n) is 6.92. The number of hydrogen-bond acceptors (Lipinski definition) is 3. The van der Waals surface area contributed by atoms with Crippen molar-refractivity contribution >= 4 is 5.91 Å². The van der Waals surface area contributed by atoms with Gasteiger partial charge in [-0.3, -0.25) is 9.69 Å². The summed E-state index contributed by atoms with van der Waals surface area (Å²) in [7, 11) is 0. The zero-order valence-corrected chi connectivity index (χ0v) is 16.0. The average Bonchev–Trinajstić information content (AvgIpc) is 2.72. The maximum atomic E-state index is 13.2. The van der Waals surface area contributed by atoms with Gasteiger partial charge >= 0.3 is 0 Å². The second kappa shape index (κ2) is 9.11. The smallest absolute Gasteiger partial charge is 0.239 e. The monoisotopic (exact) mass is 370 g/mol. The van der Waals surface area contributed by atoms with Crippen molar-refractivity contribution < 1.29 is 13.9 Å². The predicted molar refractivity (Wildman–Crippen MR) is 104 cm³/mol. The Hall–Kier alpha value is -2.24. The predicted octanol–water partition coefficient (Wildman–Crippen LogP) is 3.64. The Morgan fingerprint density at radius 2 is 1.93 bits per heavy atom. The SMILES string of the molecule is CCN(Cc1ccccc1)C(=O)[C@@H](C)N1CCO[C@@H](c2ccc(F)cc2)C1. The van der Waals surface area contributed by atoms with Gasteiger partial charge in [0, 0.05) is 26.2 Å². The minimum atomic E-state index is -0.255. The summed E-state index contributed by atoms with van der Waals surface area (Å²) >= 11 is 0. The van der Waals surface area contributed by atoms with Crippen LogP contribution in [0.2, 0.25) is 0 Å². The first kappa shape index (κ1) is 19.5. The van der Waals surface area contributed by atoms with Crippen LogP contribution in [-0.4, -0.2) is 48.0 Å². The third-order valence-corrected chi connectivity index (χ3v) is 5.15. The maximum Gasteiger partial charge on any atom is 0.239 e. The molecule has 0 unspecified atom stereocenters. The van der Waals surface area contributed by atoms with Gasteiger partial charge in [-0.15, -0.1) is 0 Å². The molecule has 27 heavy (non-hydrogen) atoms. The van der Waals surface area contributed by atoms with Crippen molar-refractivity contribution in [2.45, 2.75) is 32.5 Å². The fourth-order valence-electron chi connectivity index (χ4n) is 3.47. The molecule has 144 valence electrons. The molecule has 0 aromatic heterocycles. The summed E-state index contributed by atoms with van der Waals surface area (Å²) in [5, 5.41) is 0. The molecule has 0 spiro atoms. The molecule has 2 atom stereocenters. The van der Waals surface area contributed by atoms with Crippen LogP contribution in [0.15, 0.2) is 54.6 Å². The first-order valence-electron chi connectivity index (χ1n) is 9.52. The van der Waals surface area contributed by atoms with Gasteiger partial charge in [0.25, 0.3) is 0 Å².